The van der Waals surface area contributed by atoms with E-state index in [1.165, 1.54) is 0 Å². The lowest BCUT2D eigenvalue weighted by molar-refractivity contribution is -0.170. The maximum Gasteiger partial charge on any atom is 0.318 e. The normalized spacial score (nSPS) is 19.0. The molecule has 1 spiro atoms. The smallest absolute Gasteiger partial charge is 0.318 e. The van der Waals surface area contributed by atoms with Gasteiger partial charge in [0.25, 0.3) is 5.91 Å². The van der Waals surface area contributed by atoms with Crippen LogP contribution in [0.1, 0.15) is 25.3 Å². The highest BCUT2D eigenvalue weighted by Crippen LogP contribution is 2.37. The second kappa shape index (κ2) is 6.77. The Hall–Kier alpha value is -2.61. The average molecular weight is 404 g/mol. The summed E-state index contributed by atoms with van der Waals surface area (Å²) in [7, 11) is 0. The molecule has 0 bridgehead atoms. The number of hydrogen-bond acceptors (Lipinski definition) is 6. The molecule has 2 amide bonds. The molecule has 2 saturated heterocycles. The van der Waals surface area contributed by atoms with E-state index in [-0.39, 0.29) is 24.4 Å². The third kappa shape index (κ3) is 3.01. The van der Waals surface area contributed by atoms with E-state index >= 15 is 0 Å². The van der Waals surface area contributed by atoms with Gasteiger partial charge in [0.15, 0.2) is 5.54 Å². The molecular formula is C19H22ClN5O3. The van der Waals surface area contributed by atoms with Crippen molar-refractivity contribution < 1.29 is 14.0 Å². The van der Waals surface area contributed by atoms with Gasteiger partial charge in [-0.15, -0.1) is 5.10 Å². The van der Waals surface area contributed by atoms with Crippen molar-refractivity contribution in [2.75, 3.05) is 24.5 Å². The SMILES string of the molecule is Cc1nnc(N2CC3(C2)C(=O)N(C(C)C)CC(=O)N3Cc2ccc(Cl)cc2)o1. The van der Waals surface area contributed by atoms with Gasteiger partial charge >= 0.3 is 6.01 Å². The zero-order valence-electron chi connectivity index (χ0n) is 16.1. The van der Waals surface area contributed by atoms with Crippen molar-refractivity contribution in [2.24, 2.45) is 0 Å². The van der Waals surface area contributed by atoms with Crippen LogP contribution >= 0.6 is 11.6 Å². The molecule has 2 aliphatic rings. The largest absolute Gasteiger partial charge is 0.408 e. The van der Waals surface area contributed by atoms with Crippen molar-refractivity contribution in [3.05, 3.63) is 40.7 Å². The van der Waals surface area contributed by atoms with Crippen molar-refractivity contribution in [3.8, 4) is 0 Å². The summed E-state index contributed by atoms with van der Waals surface area (Å²) >= 11 is 5.97. The van der Waals surface area contributed by atoms with E-state index in [1.54, 1.807) is 28.9 Å². The Morgan fingerprint density at radius 3 is 2.43 bits per heavy atom. The van der Waals surface area contributed by atoms with Gasteiger partial charge in [0, 0.05) is 24.5 Å². The molecule has 3 heterocycles. The number of hydrogen-bond donors (Lipinski definition) is 0. The molecule has 4 rings (SSSR count). The fraction of sp³-hybridized carbons (Fsp3) is 0.474. The molecule has 2 aromatic rings. The molecule has 0 radical (unpaired) electrons. The van der Waals surface area contributed by atoms with Gasteiger partial charge in [-0.1, -0.05) is 28.8 Å². The molecule has 0 unspecified atom stereocenters. The molecule has 2 aliphatic heterocycles. The first kappa shape index (κ1) is 18.7. The van der Waals surface area contributed by atoms with Crippen LogP contribution in [-0.2, 0) is 16.1 Å². The lowest BCUT2D eigenvalue weighted by Crippen LogP contribution is -2.81. The molecule has 148 valence electrons. The number of rotatable bonds is 4. The maximum atomic E-state index is 13.4. The Morgan fingerprint density at radius 2 is 1.86 bits per heavy atom. The molecule has 1 aromatic heterocycles. The van der Waals surface area contributed by atoms with Gasteiger partial charge < -0.3 is 19.1 Å². The maximum absolute atomic E-state index is 13.4. The van der Waals surface area contributed by atoms with Crippen LogP contribution in [0.4, 0.5) is 6.01 Å². The highest BCUT2D eigenvalue weighted by atomic mass is 35.5. The first-order valence-corrected chi connectivity index (χ1v) is 9.59. The minimum atomic E-state index is -0.929. The third-order valence-corrected chi connectivity index (χ3v) is 5.60. The Balaban J connectivity index is 1.64. The summed E-state index contributed by atoms with van der Waals surface area (Å²) in [5.41, 5.74) is -0.00302. The van der Waals surface area contributed by atoms with Gasteiger partial charge in [-0.05, 0) is 31.5 Å². The van der Waals surface area contributed by atoms with Crippen LogP contribution < -0.4 is 4.90 Å². The monoisotopic (exact) mass is 403 g/mol. The number of anilines is 1. The summed E-state index contributed by atoms with van der Waals surface area (Å²) in [6, 6.07) is 7.64. The number of halogens is 1. The number of piperazine rings is 1. The van der Waals surface area contributed by atoms with Crippen LogP contribution in [-0.4, -0.2) is 63.0 Å². The predicted octanol–water partition coefficient (Wildman–Crippen LogP) is 1.87. The van der Waals surface area contributed by atoms with E-state index in [0.29, 0.717) is 36.6 Å². The second-order valence-corrected chi connectivity index (χ2v) is 8.06. The van der Waals surface area contributed by atoms with E-state index in [2.05, 4.69) is 10.2 Å². The summed E-state index contributed by atoms with van der Waals surface area (Å²) in [4.78, 5) is 31.6. The van der Waals surface area contributed by atoms with Crippen molar-refractivity contribution >= 4 is 29.4 Å². The fourth-order valence-corrected chi connectivity index (χ4v) is 3.92. The quantitative estimate of drug-likeness (QED) is 0.775. The lowest BCUT2D eigenvalue weighted by atomic mass is 9.83. The molecule has 0 saturated carbocycles. The number of carbonyl (C=O) groups excluding carboxylic acids is 2. The zero-order valence-corrected chi connectivity index (χ0v) is 16.8. The minimum absolute atomic E-state index is 0.0384. The number of nitrogens with zero attached hydrogens (tertiary/aromatic N) is 5. The first-order chi connectivity index (χ1) is 13.3. The summed E-state index contributed by atoms with van der Waals surface area (Å²) in [5.74, 6) is 0.358. The van der Waals surface area contributed by atoms with Crippen LogP contribution in [0.2, 0.25) is 5.02 Å². The Kier molecular flexibility index (Phi) is 4.53. The summed E-state index contributed by atoms with van der Waals surface area (Å²) in [6.07, 6.45) is 0. The second-order valence-electron chi connectivity index (χ2n) is 7.62. The van der Waals surface area contributed by atoms with Gasteiger partial charge in [-0.3, -0.25) is 9.59 Å². The van der Waals surface area contributed by atoms with Crippen LogP contribution in [0.5, 0.6) is 0 Å². The lowest BCUT2D eigenvalue weighted by Gasteiger charge is -2.58. The number of aryl methyl sites for hydroxylation is 1. The molecular weight excluding hydrogens is 382 g/mol. The van der Waals surface area contributed by atoms with Crippen molar-refractivity contribution in [2.45, 2.75) is 38.9 Å². The van der Waals surface area contributed by atoms with Crippen molar-refractivity contribution in [1.29, 1.82) is 0 Å². The van der Waals surface area contributed by atoms with Crippen molar-refractivity contribution in [3.63, 3.8) is 0 Å². The minimum Gasteiger partial charge on any atom is -0.408 e. The van der Waals surface area contributed by atoms with Gasteiger partial charge in [0.05, 0.1) is 13.1 Å². The van der Waals surface area contributed by atoms with Crippen LogP contribution in [0.15, 0.2) is 28.7 Å². The van der Waals surface area contributed by atoms with E-state index in [1.807, 2.05) is 30.9 Å². The summed E-state index contributed by atoms with van der Waals surface area (Å²) in [5, 5.41) is 8.51. The van der Waals surface area contributed by atoms with Gasteiger partial charge in [0.1, 0.15) is 6.54 Å². The topological polar surface area (TPSA) is 82.8 Å². The molecule has 0 aliphatic carbocycles. The Bertz CT molecular complexity index is 905. The molecule has 2 fully saturated rings. The number of carbonyl (C=O) groups is 2. The molecule has 0 atom stereocenters. The van der Waals surface area contributed by atoms with Crippen molar-refractivity contribution in [1.82, 2.24) is 20.0 Å². The highest BCUT2D eigenvalue weighted by molar-refractivity contribution is 6.30. The average Bonchev–Trinajstić information content (AvgIpc) is 3.04. The first-order valence-electron chi connectivity index (χ1n) is 9.21. The molecule has 0 N–H and O–H groups in total. The van der Waals surface area contributed by atoms with Crippen LogP contribution in [0.25, 0.3) is 0 Å². The third-order valence-electron chi connectivity index (χ3n) is 5.35. The van der Waals surface area contributed by atoms with Crippen LogP contribution in [0, 0.1) is 6.92 Å². The molecule has 8 nitrogen and oxygen atoms in total. The summed E-state index contributed by atoms with van der Waals surface area (Å²) < 4.78 is 5.49. The highest BCUT2D eigenvalue weighted by Gasteiger charge is 2.60. The van der Waals surface area contributed by atoms with Gasteiger partial charge in [0.2, 0.25) is 11.8 Å². The van der Waals surface area contributed by atoms with Gasteiger partial charge in [-0.2, -0.15) is 0 Å². The van der Waals surface area contributed by atoms with Crippen LogP contribution in [0.3, 0.4) is 0 Å². The molecule has 9 heteroatoms. The number of aromatic nitrogens is 2. The van der Waals surface area contributed by atoms with Gasteiger partial charge in [-0.25, -0.2) is 0 Å². The number of amides is 2. The van der Waals surface area contributed by atoms with E-state index in [4.69, 9.17) is 16.0 Å². The van der Waals surface area contributed by atoms with E-state index < -0.39 is 5.54 Å². The summed E-state index contributed by atoms with van der Waals surface area (Å²) in [6.45, 7) is 6.66. The molecule has 1 aromatic carbocycles. The Morgan fingerprint density at radius 1 is 1.18 bits per heavy atom. The standard InChI is InChI=1S/C19H22ClN5O3/c1-12(2)24-9-16(26)25(8-14-4-6-15(20)7-5-14)19(17(24)27)10-23(11-19)18-22-21-13(3)28-18/h4-7,12H,8-11H2,1-3H3. The predicted molar refractivity (Wildman–Crippen MR) is 103 cm³/mol. The Labute approximate surface area is 168 Å². The van der Waals surface area contributed by atoms with E-state index in [0.717, 1.165) is 5.56 Å². The van der Waals surface area contributed by atoms with E-state index in [9.17, 15) is 9.59 Å². The zero-order chi connectivity index (χ0) is 20.1. The fourth-order valence-electron chi connectivity index (χ4n) is 3.79. The molecule has 28 heavy (non-hydrogen) atoms. The number of benzene rings is 1.